The van der Waals surface area contributed by atoms with Gasteiger partial charge in [0.2, 0.25) is 0 Å². The predicted octanol–water partition coefficient (Wildman–Crippen LogP) is 3.74. The molecule has 0 spiro atoms. The first-order chi connectivity index (χ1) is 6.77. The molecular formula is C13H27N. The van der Waals surface area contributed by atoms with Gasteiger partial charge in [-0.05, 0) is 11.8 Å². The van der Waals surface area contributed by atoms with Gasteiger partial charge < -0.3 is 5.32 Å². The van der Waals surface area contributed by atoms with Crippen molar-refractivity contribution in [1.82, 2.24) is 5.32 Å². The van der Waals surface area contributed by atoms with Crippen LogP contribution >= 0.6 is 0 Å². The van der Waals surface area contributed by atoms with Gasteiger partial charge in [-0.2, -0.15) is 0 Å². The molecule has 0 radical (unpaired) electrons. The Bertz CT molecular complexity index is 138. The van der Waals surface area contributed by atoms with E-state index in [1.165, 1.54) is 64.5 Å². The summed E-state index contributed by atoms with van der Waals surface area (Å²) in [6.45, 7) is 7.21. The van der Waals surface area contributed by atoms with Crippen LogP contribution in [0.5, 0.6) is 0 Å². The summed E-state index contributed by atoms with van der Waals surface area (Å²) < 4.78 is 0. The van der Waals surface area contributed by atoms with Crippen LogP contribution in [0, 0.1) is 5.41 Å². The van der Waals surface area contributed by atoms with E-state index in [-0.39, 0.29) is 0 Å². The van der Waals surface area contributed by atoms with Crippen LogP contribution in [-0.4, -0.2) is 13.1 Å². The number of nitrogens with one attached hydrogen (secondary N) is 1. The standard InChI is InChI=1S/C13H27N/c1-3-4-5-6-7-8-9-10-13(2)11-14-12-13/h14H,3-12H2,1-2H3. The molecular weight excluding hydrogens is 170 g/mol. The lowest BCUT2D eigenvalue weighted by molar-refractivity contribution is 0.174. The van der Waals surface area contributed by atoms with Gasteiger partial charge >= 0.3 is 0 Å². The lowest BCUT2D eigenvalue weighted by atomic mass is 9.79. The van der Waals surface area contributed by atoms with Crippen molar-refractivity contribution >= 4 is 0 Å². The van der Waals surface area contributed by atoms with Gasteiger partial charge in [-0.1, -0.05) is 58.8 Å². The molecule has 1 rings (SSSR count). The second-order valence-electron chi connectivity index (χ2n) is 5.29. The van der Waals surface area contributed by atoms with Crippen LogP contribution in [0.4, 0.5) is 0 Å². The second-order valence-corrected chi connectivity index (χ2v) is 5.29. The zero-order valence-corrected chi connectivity index (χ0v) is 10.1. The summed E-state index contributed by atoms with van der Waals surface area (Å²) in [5.74, 6) is 0. The molecule has 1 fully saturated rings. The van der Waals surface area contributed by atoms with Crippen molar-refractivity contribution in [3.63, 3.8) is 0 Å². The smallest absolute Gasteiger partial charge is 0.00176 e. The van der Waals surface area contributed by atoms with E-state index in [0.717, 1.165) is 0 Å². The second kappa shape index (κ2) is 6.44. The van der Waals surface area contributed by atoms with Crippen molar-refractivity contribution < 1.29 is 0 Å². The maximum Gasteiger partial charge on any atom is 0.00176 e. The van der Waals surface area contributed by atoms with Gasteiger partial charge in [0.25, 0.3) is 0 Å². The highest BCUT2D eigenvalue weighted by atomic mass is 15.0. The zero-order valence-electron chi connectivity index (χ0n) is 10.1. The van der Waals surface area contributed by atoms with Crippen LogP contribution in [0.2, 0.25) is 0 Å². The molecule has 1 nitrogen and oxygen atoms in total. The monoisotopic (exact) mass is 197 g/mol. The van der Waals surface area contributed by atoms with Gasteiger partial charge in [0.1, 0.15) is 0 Å². The number of hydrogen-bond acceptors (Lipinski definition) is 1. The Morgan fingerprint density at radius 2 is 1.50 bits per heavy atom. The Morgan fingerprint density at radius 3 is 2.00 bits per heavy atom. The van der Waals surface area contributed by atoms with E-state index in [1.807, 2.05) is 0 Å². The van der Waals surface area contributed by atoms with Crippen LogP contribution in [0.25, 0.3) is 0 Å². The van der Waals surface area contributed by atoms with Gasteiger partial charge in [-0.15, -0.1) is 0 Å². The van der Waals surface area contributed by atoms with Crippen molar-refractivity contribution in [2.24, 2.45) is 5.41 Å². The summed E-state index contributed by atoms with van der Waals surface area (Å²) in [6.07, 6.45) is 11.5. The van der Waals surface area contributed by atoms with Crippen LogP contribution in [0.3, 0.4) is 0 Å². The first-order valence-corrected chi connectivity index (χ1v) is 6.47. The third kappa shape index (κ3) is 4.45. The number of hydrogen-bond donors (Lipinski definition) is 1. The van der Waals surface area contributed by atoms with E-state index in [1.54, 1.807) is 0 Å². The first kappa shape index (κ1) is 12.0. The van der Waals surface area contributed by atoms with Crippen molar-refractivity contribution in [2.45, 2.75) is 65.2 Å². The lowest BCUT2D eigenvalue weighted by Crippen LogP contribution is -2.51. The molecule has 0 aromatic heterocycles. The maximum absolute atomic E-state index is 3.37. The third-order valence-electron chi connectivity index (χ3n) is 3.49. The molecule has 1 saturated heterocycles. The number of rotatable bonds is 8. The SMILES string of the molecule is CCCCCCCCCC1(C)CNC1. The van der Waals surface area contributed by atoms with E-state index in [4.69, 9.17) is 0 Å². The Hall–Kier alpha value is -0.0400. The minimum absolute atomic E-state index is 0.656. The summed E-state index contributed by atoms with van der Waals surface area (Å²) in [6, 6.07) is 0. The molecule has 0 aliphatic carbocycles. The summed E-state index contributed by atoms with van der Waals surface area (Å²) in [5.41, 5.74) is 0.656. The fraction of sp³-hybridized carbons (Fsp3) is 1.00. The number of unbranched alkanes of at least 4 members (excludes halogenated alkanes) is 6. The molecule has 0 bridgehead atoms. The van der Waals surface area contributed by atoms with Gasteiger partial charge in [-0.25, -0.2) is 0 Å². The molecule has 1 heterocycles. The maximum atomic E-state index is 3.37. The molecule has 1 N–H and O–H groups in total. The van der Waals surface area contributed by atoms with Gasteiger partial charge in [0.15, 0.2) is 0 Å². The normalized spacial score (nSPS) is 19.3. The minimum atomic E-state index is 0.656. The first-order valence-electron chi connectivity index (χ1n) is 6.47. The molecule has 1 aliphatic heterocycles. The van der Waals surface area contributed by atoms with E-state index in [9.17, 15) is 0 Å². The largest absolute Gasteiger partial charge is 0.316 e. The Morgan fingerprint density at radius 1 is 0.929 bits per heavy atom. The van der Waals surface area contributed by atoms with Crippen LogP contribution < -0.4 is 5.32 Å². The molecule has 0 atom stereocenters. The summed E-state index contributed by atoms with van der Waals surface area (Å²) in [5, 5.41) is 3.37. The highest BCUT2D eigenvalue weighted by Gasteiger charge is 2.30. The quantitative estimate of drug-likeness (QED) is 0.585. The molecule has 0 saturated carbocycles. The Balaban J connectivity index is 1.80. The van der Waals surface area contributed by atoms with E-state index < -0.39 is 0 Å². The fourth-order valence-corrected chi connectivity index (χ4v) is 2.24. The summed E-state index contributed by atoms with van der Waals surface area (Å²) in [7, 11) is 0. The Kier molecular flexibility index (Phi) is 5.54. The summed E-state index contributed by atoms with van der Waals surface area (Å²) >= 11 is 0. The molecule has 84 valence electrons. The average molecular weight is 197 g/mol. The van der Waals surface area contributed by atoms with Crippen molar-refractivity contribution in [3.05, 3.63) is 0 Å². The highest BCUT2D eigenvalue weighted by molar-refractivity contribution is 4.87. The van der Waals surface area contributed by atoms with Crippen molar-refractivity contribution in [1.29, 1.82) is 0 Å². The lowest BCUT2D eigenvalue weighted by Gasteiger charge is -2.39. The molecule has 14 heavy (non-hydrogen) atoms. The molecule has 1 heteroatoms. The van der Waals surface area contributed by atoms with E-state index >= 15 is 0 Å². The third-order valence-corrected chi connectivity index (χ3v) is 3.49. The van der Waals surface area contributed by atoms with Crippen molar-refractivity contribution in [3.8, 4) is 0 Å². The topological polar surface area (TPSA) is 12.0 Å². The zero-order chi connectivity index (χ0) is 10.3. The summed E-state index contributed by atoms with van der Waals surface area (Å²) in [4.78, 5) is 0. The van der Waals surface area contributed by atoms with Crippen LogP contribution in [0.1, 0.15) is 65.2 Å². The fourth-order valence-electron chi connectivity index (χ4n) is 2.24. The molecule has 0 aromatic carbocycles. The molecule has 0 amide bonds. The molecule has 1 aliphatic rings. The van der Waals surface area contributed by atoms with E-state index in [0.29, 0.717) is 5.41 Å². The molecule has 0 unspecified atom stereocenters. The minimum Gasteiger partial charge on any atom is -0.316 e. The van der Waals surface area contributed by atoms with Crippen molar-refractivity contribution in [2.75, 3.05) is 13.1 Å². The van der Waals surface area contributed by atoms with E-state index in [2.05, 4.69) is 19.2 Å². The predicted molar refractivity (Wildman–Crippen MR) is 63.6 cm³/mol. The van der Waals surface area contributed by atoms with Gasteiger partial charge in [-0.3, -0.25) is 0 Å². The van der Waals surface area contributed by atoms with Crippen LogP contribution in [-0.2, 0) is 0 Å². The van der Waals surface area contributed by atoms with Gasteiger partial charge in [0.05, 0.1) is 0 Å². The Labute approximate surface area is 89.7 Å². The highest BCUT2D eigenvalue weighted by Crippen LogP contribution is 2.28. The molecule has 0 aromatic rings. The average Bonchev–Trinajstić information content (AvgIpc) is 2.14. The van der Waals surface area contributed by atoms with Crippen LogP contribution in [0.15, 0.2) is 0 Å². The van der Waals surface area contributed by atoms with Gasteiger partial charge in [0, 0.05) is 13.1 Å².